The Bertz CT molecular complexity index is 225. The van der Waals surface area contributed by atoms with Gasteiger partial charge < -0.3 is 0 Å². The van der Waals surface area contributed by atoms with Crippen molar-refractivity contribution in [3.63, 3.8) is 0 Å². The lowest BCUT2D eigenvalue weighted by Gasteiger charge is -1.98. The molecule has 1 aromatic carbocycles. The average Bonchev–Trinajstić information content (AvgIpc) is 2.01. The van der Waals surface area contributed by atoms with Crippen molar-refractivity contribution in [3.8, 4) is 0 Å². The Morgan fingerprint density at radius 2 is 2.18 bits per heavy atom. The van der Waals surface area contributed by atoms with Gasteiger partial charge in [0, 0.05) is 20.5 Å². The molecule has 0 fully saturated rings. The third-order valence-electron chi connectivity index (χ3n) is 1.14. The van der Waals surface area contributed by atoms with Gasteiger partial charge in [0.15, 0.2) is 0 Å². The Balaban J connectivity index is 2.56. The van der Waals surface area contributed by atoms with Crippen LogP contribution in [0, 0.1) is 0 Å². The second kappa shape index (κ2) is 5.22. The first-order chi connectivity index (χ1) is 5.33. The second-order valence-electron chi connectivity index (χ2n) is 1.99. The second-order valence-corrected chi connectivity index (χ2v) is 4.87. The molecule has 0 unspecified atom stereocenters. The quantitative estimate of drug-likeness (QED) is 0.601. The van der Waals surface area contributed by atoms with Crippen molar-refractivity contribution >= 4 is 43.6 Å². The summed E-state index contributed by atoms with van der Waals surface area (Å²) in [6.45, 7) is 0. The summed E-state index contributed by atoms with van der Waals surface area (Å²) in [5, 5.41) is 1.05. The number of rotatable bonds is 3. The molecule has 0 nitrogen and oxygen atoms in total. The van der Waals surface area contributed by atoms with E-state index in [2.05, 4.69) is 50.1 Å². The van der Waals surface area contributed by atoms with Crippen molar-refractivity contribution in [2.24, 2.45) is 0 Å². The van der Waals surface area contributed by atoms with E-state index in [0.29, 0.717) is 0 Å². The highest BCUT2D eigenvalue weighted by molar-refractivity contribution is 9.10. The lowest BCUT2D eigenvalue weighted by atomic mass is 10.4. The smallest absolute Gasteiger partial charge is 0.0186 e. The van der Waals surface area contributed by atoms with E-state index in [1.807, 2.05) is 17.8 Å². The lowest BCUT2D eigenvalue weighted by Crippen LogP contribution is -1.78. The molecular formula is C8H8Br2S. The van der Waals surface area contributed by atoms with E-state index in [4.69, 9.17) is 0 Å². The molecule has 0 heterocycles. The molecule has 60 valence electrons. The summed E-state index contributed by atoms with van der Waals surface area (Å²) in [7, 11) is 0. The molecule has 0 spiro atoms. The zero-order chi connectivity index (χ0) is 8.10. The van der Waals surface area contributed by atoms with Crippen LogP contribution in [-0.2, 0) is 0 Å². The number of hydrogen-bond donors (Lipinski definition) is 0. The van der Waals surface area contributed by atoms with Gasteiger partial charge in [-0.05, 0) is 18.2 Å². The van der Waals surface area contributed by atoms with Gasteiger partial charge >= 0.3 is 0 Å². The molecule has 0 aromatic heterocycles. The minimum absolute atomic E-state index is 1.05. The predicted molar refractivity (Wildman–Crippen MR) is 58.7 cm³/mol. The maximum atomic E-state index is 3.43. The van der Waals surface area contributed by atoms with Gasteiger partial charge in [-0.3, -0.25) is 0 Å². The summed E-state index contributed by atoms with van der Waals surface area (Å²) >= 11 is 8.68. The zero-order valence-corrected chi connectivity index (χ0v) is 9.88. The fourth-order valence-electron chi connectivity index (χ4n) is 0.713. The van der Waals surface area contributed by atoms with Crippen molar-refractivity contribution in [1.82, 2.24) is 0 Å². The minimum Gasteiger partial charge on any atom is -0.125 e. The molecule has 0 aliphatic rings. The van der Waals surface area contributed by atoms with Crippen LogP contribution >= 0.6 is 43.6 Å². The maximum absolute atomic E-state index is 3.43. The van der Waals surface area contributed by atoms with Gasteiger partial charge in [-0.2, -0.15) is 0 Å². The van der Waals surface area contributed by atoms with E-state index < -0.39 is 0 Å². The highest BCUT2D eigenvalue weighted by atomic mass is 79.9. The summed E-state index contributed by atoms with van der Waals surface area (Å²) in [6.07, 6.45) is 0. The molecule has 1 rings (SSSR count). The monoisotopic (exact) mass is 294 g/mol. The highest BCUT2D eigenvalue weighted by Gasteiger charge is 1.92. The number of alkyl halides is 1. The SMILES string of the molecule is BrCCSc1cccc(Br)c1. The molecule has 0 saturated carbocycles. The number of thioether (sulfide) groups is 1. The zero-order valence-electron chi connectivity index (χ0n) is 5.89. The van der Waals surface area contributed by atoms with E-state index in [1.54, 1.807) is 0 Å². The third kappa shape index (κ3) is 3.63. The molecule has 1 aromatic rings. The summed E-state index contributed by atoms with van der Waals surface area (Å²) in [4.78, 5) is 1.32. The fraction of sp³-hybridized carbons (Fsp3) is 0.250. The topological polar surface area (TPSA) is 0 Å². The Hall–Kier alpha value is 0.530. The van der Waals surface area contributed by atoms with E-state index in [-0.39, 0.29) is 0 Å². The summed E-state index contributed by atoms with van der Waals surface area (Å²) in [5.41, 5.74) is 0. The van der Waals surface area contributed by atoms with Crippen LogP contribution in [0.4, 0.5) is 0 Å². The van der Waals surface area contributed by atoms with Gasteiger partial charge in [0.1, 0.15) is 0 Å². The van der Waals surface area contributed by atoms with Gasteiger partial charge in [-0.15, -0.1) is 11.8 Å². The van der Waals surface area contributed by atoms with Crippen LogP contribution < -0.4 is 0 Å². The fourth-order valence-corrected chi connectivity index (χ4v) is 2.45. The van der Waals surface area contributed by atoms with Gasteiger partial charge in [-0.1, -0.05) is 37.9 Å². The first-order valence-corrected chi connectivity index (χ1v) is 6.17. The Kier molecular flexibility index (Phi) is 4.57. The number of hydrogen-bond acceptors (Lipinski definition) is 1. The molecular weight excluding hydrogens is 288 g/mol. The molecule has 0 aliphatic heterocycles. The number of halogens is 2. The largest absolute Gasteiger partial charge is 0.125 e. The maximum Gasteiger partial charge on any atom is 0.0186 e. The normalized spacial score (nSPS) is 10.0. The Labute approximate surface area is 88.0 Å². The predicted octanol–water partition coefficient (Wildman–Crippen LogP) is 3.94. The minimum atomic E-state index is 1.05. The van der Waals surface area contributed by atoms with Crippen molar-refractivity contribution < 1.29 is 0 Å². The molecule has 0 atom stereocenters. The van der Waals surface area contributed by atoms with Crippen LogP contribution in [-0.4, -0.2) is 11.1 Å². The summed E-state index contributed by atoms with van der Waals surface area (Å²) in [5.74, 6) is 1.12. The van der Waals surface area contributed by atoms with E-state index in [9.17, 15) is 0 Å². The van der Waals surface area contributed by atoms with E-state index >= 15 is 0 Å². The Morgan fingerprint density at radius 1 is 1.36 bits per heavy atom. The molecule has 11 heavy (non-hydrogen) atoms. The lowest BCUT2D eigenvalue weighted by molar-refractivity contribution is 1.42. The van der Waals surface area contributed by atoms with Gasteiger partial charge in [0.2, 0.25) is 0 Å². The highest BCUT2D eigenvalue weighted by Crippen LogP contribution is 2.21. The molecule has 0 aliphatic carbocycles. The molecule has 0 radical (unpaired) electrons. The first kappa shape index (κ1) is 9.62. The van der Waals surface area contributed by atoms with Crippen molar-refractivity contribution in [2.75, 3.05) is 11.1 Å². The van der Waals surface area contributed by atoms with Crippen LogP contribution in [0.3, 0.4) is 0 Å². The van der Waals surface area contributed by atoms with E-state index in [0.717, 1.165) is 15.6 Å². The van der Waals surface area contributed by atoms with Gasteiger partial charge in [-0.25, -0.2) is 0 Å². The van der Waals surface area contributed by atoms with Crippen LogP contribution in [0.15, 0.2) is 33.6 Å². The Morgan fingerprint density at radius 3 is 2.82 bits per heavy atom. The van der Waals surface area contributed by atoms with Crippen LogP contribution in [0.25, 0.3) is 0 Å². The van der Waals surface area contributed by atoms with E-state index in [1.165, 1.54) is 4.90 Å². The van der Waals surface area contributed by atoms with Crippen LogP contribution in [0.1, 0.15) is 0 Å². The molecule has 3 heteroatoms. The third-order valence-corrected chi connectivity index (χ3v) is 3.55. The van der Waals surface area contributed by atoms with Crippen molar-refractivity contribution in [1.29, 1.82) is 0 Å². The van der Waals surface area contributed by atoms with Gasteiger partial charge in [0.25, 0.3) is 0 Å². The first-order valence-electron chi connectivity index (χ1n) is 3.27. The molecule has 0 N–H and O–H groups in total. The standard InChI is InChI=1S/C8H8Br2S/c9-4-5-11-8-3-1-2-7(10)6-8/h1-3,6H,4-5H2. The average molecular weight is 296 g/mol. The van der Waals surface area contributed by atoms with Crippen molar-refractivity contribution in [3.05, 3.63) is 28.7 Å². The van der Waals surface area contributed by atoms with Gasteiger partial charge in [0.05, 0.1) is 0 Å². The molecule has 0 amide bonds. The van der Waals surface area contributed by atoms with Crippen molar-refractivity contribution in [2.45, 2.75) is 4.90 Å². The summed E-state index contributed by atoms with van der Waals surface area (Å²) in [6, 6.07) is 8.35. The molecule has 0 saturated heterocycles. The van der Waals surface area contributed by atoms with Crippen LogP contribution in [0.2, 0.25) is 0 Å². The molecule has 0 bridgehead atoms. The summed E-state index contributed by atoms with van der Waals surface area (Å²) < 4.78 is 1.15. The van der Waals surface area contributed by atoms with Crippen LogP contribution in [0.5, 0.6) is 0 Å². The number of benzene rings is 1.